The van der Waals surface area contributed by atoms with Crippen molar-refractivity contribution in [1.82, 2.24) is 4.98 Å². The largest absolute Gasteiger partial charge is 0.507 e. The Morgan fingerprint density at radius 1 is 1.29 bits per heavy atom. The number of aromatic nitrogens is 1. The smallest absolute Gasteiger partial charge is 0.420 e. The minimum absolute atomic E-state index is 0.0739. The topological polar surface area (TPSA) is 62.2 Å². The van der Waals surface area contributed by atoms with E-state index in [9.17, 15) is 23.1 Å². The Hall–Kier alpha value is -2.28. The van der Waals surface area contributed by atoms with E-state index in [2.05, 4.69) is 10.3 Å². The Balaban J connectivity index is 2.29. The van der Waals surface area contributed by atoms with Crippen LogP contribution in [0.4, 0.5) is 18.9 Å². The summed E-state index contributed by atoms with van der Waals surface area (Å²) in [7, 11) is 0. The Morgan fingerprint density at radius 3 is 2.62 bits per heavy atom. The van der Waals surface area contributed by atoms with Crippen LogP contribution in [-0.2, 0) is 6.18 Å². The van der Waals surface area contributed by atoms with Gasteiger partial charge in [-0.05, 0) is 24.3 Å². The molecule has 0 fully saturated rings. The van der Waals surface area contributed by atoms with Crippen molar-refractivity contribution >= 4 is 23.2 Å². The van der Waals surface area contributed by atoms with Crippen LogP contribution in [0, 0.1) is 0 Å². The maximum absolute atomic E-state index is 12.7. The van der Waals surface area contributed by atoms with Crippen LogP contribution in [0.3, 0.4) is 0 Å². The van der Waals surface area contributed by atoms with E-state index in [4.69, 9.17) is 11.6 Å². The van der Waals surface area contributed by atoms with Crippen LogP contribution in [0.25, 0.3) is 0 Å². The zero-order valence-corrected chi connectivity index (χ0v) is 11.0. The molecule has 0 aliphatic rings. The average molecular weight is 317 g/mol. The molecule has 2 aromatic rings. The summed E-state index contributed by atoms with van der Waals surface area (Å²) in [6.07, 6.45) is -2.15. The third kappa shape index (κ3) is 3.43. The fourth-order valence-electron chi connectivity index (χ4n) is 1.60. The first kappa shape index (κ1) is 15.1. The van der Waals surface area contributed by atoms with Crippen LogP contribution in [0.2, 0.25) is 5.02 Å². The second-order valence-electron chi connectivity index (χ2n) is 4.04. The third-order valence-corrected chi connectivity index (χ3v) is 2.88. The molecule has 2 N–H and O–H groups in total. The number of phenolic OH excluding ortho intramolecular Hbond substituents is 1. The number of amides is 1. The quantitative estimate of drug-likeness (QED) is 0.830. The van der Waals surface area contributed by atoms with Gasteiger partial charge < -0.3 is 10.4 Å². The standard InChI is InChI=1S/C13H8ClF3N2O2/c14-10-6-18-4-3-8(10)12(21)19-7-1-2-11(20)9(5-7)13(15,16)17/h1-6,20H,(H,19,21). The minimum Gasteiger partial charge on any atom is -0.507 e. The number of hydrogen-bond donors (Lipinski definition) is 2. The van der Waals surface area contributed by atoms with Crippen molar-refractivity contribution in [2.24, 2.45) is 0 Å². The zero-order valence-electron chi connectivity index (χ0n) is 10.3. The molecule has 1 amide bonds. The van der Waals surface area contributed by atoms with E-state index in [0.717, 1.165) is 12.1 Å². The molecule has 0 spiro atoms. The number of hydrogen-bond acceptors (Lipinski definition) is 3. The predicted molar refractivity (Wildman–Crippen MR) is 70.3 cm³/mol. The fraction of sp³-hybridized carbons (Fsp3) is 0.0769. The van der Waals surface area contributed by atoms with Crippen molar-refractivity contribution in [3.63, 3.8) is 0 Å². The summed E-state index contributed by atoms with van der Waals surface area (Å²) in [5.74, 6) is -1.59. The number of alkyl halides is 3. The van der Waals surface area contributed by atoms with Gasteiger partial charge in [0.05, 0.1) is 16.1 Å². The lowest BCUT2D eigenvalue weighted by Crippen LogP contribution is -2.14. The summed E-state index contributed by atoms with van der Waals surface area (Å²) in [5.41, 5.74) is -1.27. The van der Waals surface area contributed by atoms with E-state index in [1.807, 2.05) is 0 Å². The van der Waals surface area contributed by atoms with E-state index >= 15 is 0 Å². The Kier molecular flexibility index (Phi) is 4.04. The SMILES string of the molecule is O=C(Nc1ccc(O)c(C(F)(F)F)c1)c1ccncc1Cl. The highest BCUT2D eigenvalue weighted by Crippen LogP contribution is 2.37. The van der Waals surface area contributed by atoms with E-state index in [0.29, 0.717) is 6.07 Å². The van der Waals surface area contributed by atoms with Crippen molar-refractivity contribution in [1.29, 1.82) is 0 Å². The average Bonchev–Trinajstić information content (AvgIpc) is 2.40. The van der Waals surface area contributed by atoms with Gasteiger partial charge in [0.1, 0.15) is 5.75 Å². The molecule has 1 aromatic heterocycles. The monoisotopic (exact) mass is 316 g/mol. The molecule has 0 saturated heterocycles. The van der Waals surface area contributed by atoms with E-state index < -0.39 is 23.4 Å². The lowest BCUT2D eigenvalue weighted by molar-refractivity contribution is -0.138. The van der Waals surface area contributed by atoms with Crippen LogP contribution in [-0.4, -0.2) is 16.0 Å². The number of anilines is 1. The number of benzene rings is 1. The van der Waals surface area contributed by atoms with Crippen molar-refractivity contribution in [3.8, 4) is 5.75 Å². The number of nitrogens with one attached hydrogen (secondary N) is 1. The highest BCUT2D eigenvalue weighted by atomic mass is 35.5. The van der Waals surface area contributed by atoms with Crippen molar-refractivity contribution < 1.29 is 23.1 Å². The second kappa shape index (κ2) is 5.61. The fourth-order valence-corrected chi connectivity index (χ4v) is 1.80. The number of pyridine rings is 1. The third-order valence-electron chi connectivity index (χ3n) is 2.58. The molecule has 0 bridgehead atoms. The van der Waals surface area contributed by atoms with Crippen molar-refractivity contribution in [3.05, 3.63) is 52.8 Å². The summed E-state index contributed by atoms with van der Waals surface area (Å²) in [5, 5.41) is 11.6. The Bertz CT molecular complexity index is 689. The van der Waals surface area contributed by atoms with E-state index in [1.54, 1.807) is 0 Å². The highest BCUT2D eigenvalue weighted by Gasteiger charge is 2.34. The molecular weight excluding hydrogens is 309 g/mol. The maximum Gasteiger partial charge on any atom is 0.420 e. The van der Waals surface area contributed by atoms with Gasteiger partial charge in [-0.25, -0.2) is 0 Å². The lowest BCUT2D eigenvalue weighted by Gasteiger charge is -2.12. The van der Waals surface area contributed by atoms with Crippen molar-refractivity contribution in [2.75, 3.05) is 5.32 Å². The highest BCUT2D eigenvalue weighted by molar-refractivity contribution is 6.34. The van der Waals surface area contributed by atoms with Crippen LogP contribution >= 0.6 is 11.6 Å². The van der Waals surface area contributed by atoms with Gasteiger partial charge in [-0.3, -0.25) is 9.78 Å². The molecule has 4 nitrogen and oxygen atoms in total. The van der Waals surface area contributed by atoms with Crippen LogP contribution in [0.15, 0.2) is 36.7 Å². The van der Waals surface area contributed by atoms with Crippen LogP contribution < -0.4 is 5.32 Å². The molecule has 1 heterocycles. The molecule has 8 heteroatoms. The Labute approximate surface area is 122 Å². The number of carbonyl (C=O) groups excluding carboxylic acids is 1. The van der Waals surface area contributed by atoms with E-state index in [1.165, 1.54) is 18.5 Å². The first-order chi connectivity index (χ1) is 9.79. The number of nitrogens with zero attached hydrogens (tertiary/aromatic N) is 1. The van der Waals surface area contributed by atoms with Crippen LogP contribution in [0.5, 0.6) is 5.75 Å². The molecule has 110 valence electrons. The van der Waals surface area contributed by atoms with Gasteiger partial charge in [-0.1, -0.05) is 11.6 Å². The molecule has 2 rings (SSSR count). The van der Waals surface area contributed by atoms with E-state index in [-0.39, 0.29) is 16.3 Å². The first-order valence-electron chi connectivity index (χ1n) is 5.60. The van der Waals surface area contributed by atoms with Gasteiger partial charge in [-0.2, -0.15) is 13.2 Å². The van der Waals surface area contributed by atoms with Gasteiger partial charge in [0, 0.05) is 18.1 Å². The second-order valence-corrected chi connectivity index (χ2v) is 4.45. The molecule has 0 radical (unpaired) electrons. The summed E-state index contributed by atoms with van der Waals surface area (Å²) >= 11 is 5.77. The summed E-state index contributed by atoms with van der Waals surface area (Å²) in [6, 6.07) is 3.98. The Morgan fingerprint density at radius 2 is 2.00 bits per heavy atom. The number of phenols is 1. The maximum atomic E-state index is 12.7. The normalized spacial score (nSPS) is 11.2. The number of carbonyl (C=O) groups is 1. The number of halogens is 4. The molecule has 0 atom stereocenters. The van der Waals surface area contributed by atoms with Gasteiger partial charge >= 0.3 is 6.18 Å². The molecule has 21 heavy (non-hydrogen) atoms. The summed E-state index contributed by atoms with van der Waals surface area (Å²) < 4.78 is 38.0. The summed E-state index contributed by atoms with van der Waals surface area (Å²) in [6.45, 7) is 0. The number of aromatic hydroxyl groups is 1. The summed E-state index contributed by atoms with van der Waals surface area (Å²) in [4.78, 5) is 15.6. The van der Waals surface area contributed by atoms with Gasteiger partial charge in [-0.15, -0.1) is 0 Å². The molecule has 0 unspecified atom stereocenters. The number of rotatable bonds is 2. The molecular formula is C13H8ClF3N2O2. The molecule has 0 aliphatic heterocycles. The predicted octanol–water partition coefficient (Wildman–Crippen LogP) is 3.71. The van der Waals surface area contributed by atoms with Gasteiger partial charge in [0.15, 0.2) is 0 Å². The molecule has 0 saturated carbocycles. The van der Waals surface area contributed by atoms with Gasteiger partial charge in [0.25, 0.3) is 5.91 Å². The lowest BCUT2D eigenvalue weighted by atomic mass is 10.1. The molecule has 1 aromatic carbocycles. The minimum atomic E-state index is -4.72. The molecule has 0 aliphatic carbocycles. The zero-order chi connectivity index (χ0) is 15.6. The first-order valence-corrected chi connectivity index (χ1v) is 5.98. The van der Waals surface area contributed by atoms with Crippen LogP contribution in [0.1, 0.15) is 15.9 Å². The van der Waals surface area contributed by atoms with Crippen molar-refractivity contribution in [2.45, 2.75) is 6.18 Å². The van der Waals surface area contributed by atoms with Gasteiger partial charge in [0.2, 0.25) is 0 Å².